The quantitative estimate of drug-likeness (QED) is 0.849. The van der Waals surface area contributed by atoms with Crippen LogP contribution in [0, 0.1) is 0 Å². The molecule has 3 rings (SSSR count). The van der Waals surface area contributed by atoms with Crippen molar-refractivity contribution in [3.05, 3.63) is 59.7 Å². The number of rotatable bonds is 5. The number of hydrogen-bond acceptors (Lipinski definition) is 4. The van der Waals surface area contributed by atoms with Gasteiger partial charge in [-0.25, -0.2) is 0 Å². The molecule has 0 spiro atoms. The van der Waals surface area contributed by atoms with Crippen molar-refractivity contribution >= 4 is 11.8 Å². The first-order valence-electron chi connectivity index (χ1n) is 9.06. The predicted octanol–water partition coefficient (Wildman–Crippen LogP) is 2.36. The van der Waals surface area contributed by atoms with E-state index in [4.69, 9.17) is 4.74 Å². The van der Waals surface area contributed by atoms with Gasteiger partial charge in [0.2, 0.25) is 5.91 Å². The molecule has 6 heteroatoms. The fourth-order valence-electron chi connectivity index (χ4n) is 3.26. The number of hydrogen-bond donors (Lipinski definition) is 2. The van der Waals surface area contributed by atoms with Gasteiger partial charge in [0.05, 0.1) is 13.5 Å². The van der Waals surface area contributed by atoms with Gasteiger partial charge in [0.1, 0.15) is 11.5 Å². The smallest absolute Gasteiger partial charge is 0.253 e. The van der Waals surface area contributed by atoms with Crippen molar-refractivity contribution in [2.24, 2.45) is 0 Å². The summed E-state index contributed by atoms with van der Waals surface area (Å²) < 4.78 is 5.12. The summed E-state index contributed by atoms with van der Waals surface area (Å²) in [4.78, 5) is 26.5. The molecule has 0 saturated carbocycles. The highest BCUT2D eigenvalue weighted by Crippen LogP contribution is 2.17. The summed E-state index contributed by atoms with van der Waals surface area (Å²) in [5.41, 5.74) is 1.42. The van der Waals surface area contributed by atoms with Crippen LogP contribution in [-0.4, -0.2) is 48.1 Å². The molecule has 1 aliphatic heterocycles. The van der Waals surface area contributed by atoms with E-state index in [0.717, 1.165) is 24.2 Å². The summed E-state index contributed by atoms with van der Waals surface area (Å²) in [7, 11) is 1.61. The van der Waals surface area contributed by atoms with Gasteiger partial charge in [0.15, 0.2) is 0 Å². The zero-order valence-electron chi connectivity index (χ0n) is 15.4. The first-order chi connectivity index (χ1) is 13.0. The number of phenolic OH excluding ortho intramolecular Hbond substituents is 1. The fourth-order valence-corrected chi connectivity index (χ4v) is 3.26. The summed E-state index contributed by atoms with van der Waals surface area (Å²) in [5, 5.41) is 12.6. The summed E-state index contributed by atoms with van der Waals surface area (Å²) >= 11 is 0. The van der Waals surface area contributed by atoms with Crippen molar-refractivity contribution in [3.63, 3.8) is 0 Å². The molecule has 1 heterocycles. The van der Waals surface area contributed by atoms with Gasteiger partial charge in [0.25, 0.3) is 5.91 Å². The largest absolute Gasteiger partial charge is 0.508 e. The van der Waals surface area contributed by atoms with E-state index in [1.54, 1.807) is 30.2 Å². The highest BCUT2D eigenvalue weighted by molar-refractivity contribution is 5.94. The van der Waals surface area contributed by atoms with Crippen LogP contribution in [0.3, 0.4) is 0 Å². The number of ether oxygens (including phenoxy) is 1. The van der Waals surface area contributed by atoms with Gasteiger partial charge < -0.3 is 20.1 Å². The molecule has 2 aromatic rings. The van der Waals surface area contributed by atoms with Crippen molar-refractivity contribution < 1.29 is 19.4 Å². The SMILES string of the molecule is COc1ccc(CC(=O)NC2CCN(C(=O)c3cccc(O)c3)CC2)cc1. The minimum absolute atomic E-state index is 0.0158. The Labute approximate surface area is 158 Å². The number of benzene rings is 2. The molecule has 2 amide bonds. The highest BCUT2D eigenvalue weighted by Gasteiger charge is 2.24. The van der Waals surface area contributed by atoms with Gasteiger partial charge >= 0.3 is 0 Å². The van der Waals surface area contributed by atoms with Gasteiger partial charge in [-0.3, -0.25) is 9.59 Å². The third kappa shape index (κ3) is 5.00. The molecule has 27 heavy (non-hydrogen) atoms. The Morgan fingerprint density at radius 2 is 1.85 bits per heavy atom. The molecule has 142 valence electrons. The number of nitrogens with one attached hydrogen (secondary N) is 1. The van der Waals surface area contributed by atoms with E-state index in [9.17, 15) is 14.7 Å². The van der Waals surface area contributed by atoms with Crippen molar-refractivity contribution in [3.8, 4) is 11.5 Å². The number of nitrogens with zero attached hydrogens (tertiary/aromatic N) is 1. The molecule has 6 nitrogen and oxygen atoms in total. The van der Waals surface area contributed by atoms with E-state index in [2.05, 4.69) is 5.32 Å². The van der Waals surface area contributed by atoms with Gasteiger partial charge in [-0.1, -0.05) is 18.2 Å². The maximum atomic E-state index is 12.5. The lowest BCUT2D eigenvalue weighted by Gasteiger charge is -2.32. The molecule has 0 radical (unpaired) electrons. The van der Waals surface area contributed by atoms with Gasteiger partial charge in [-0.05, 0) is 48.7 Å². The second kappa shape index (κ2) is 8.58. The van der Waals surface area contributed by atoms with Crippen LogP contribution in [0.25, 0.3) is 0 Å². The maximum absolute atomic E-state index is 12.5. The summed E-state index contributed by atoms with van der Waals surface area (Å²) in [6, 6.07) is 13.9. The molecule has 1 saturated heterocycles. The molecule has 2 N–H and O–H groups in total. The van der Waals surface area contributed by atoms with Crippen LogP contribution in [0.1, 0.15) is 28.8 Å². The van der Waals surface area contributed by atoms with Crippen molar-refractivity contribution in [1.82, 2.24) is 10.2 Å². The summed E-state index contributed by atoms with van der Waals surface area (Å²) in [5.74, 6) is 0.747. The fraction of sp³-hybridized carbons (Fsp3) is 0.333. The van der Waals surface area contributed by atoms with Crippen molar-refractivity contribution in [1.29, 1.82) is 0 Å². The Kier molecular flexibility index (Phi) is 5.96. The van der Waals surface area contributed by atoms with E-state index >= 15 is 0 Å². The van der Waals surface area contributed by atoms with Crippen LogP contribution in [-0.2, 0) is 11.2 Å². The Balaban J connectivity index is 1.47. The van der Waals surface area contributed by atoms with Gasteiger partial charge in [-0.15, -0.1) is 0 Å². The average Bonchev–Trinajstić information content (AvgIpc) is 2.68. The van der Waals surface area contributed by atoms with Gasteiger partial charge in [-0.2, -0.15) is 0 Å². The van der Waals surface area contributed by atoms with Crippen LogP contribution < -0.4 is 10.1 Å². The first kappa shape index (κ1) is 18.8. The van der Waals surface area contributed by atoms with E-state index < -0.39 is 0 Å². The van der Waals surface area contributed by atoms with Crippen molar-refractivity contribution in [2.75, 3.05) is 20.2 Å². The second-order valence-electron chi connectivity index (χ2n) is 6.71. The predicted molar refractivity (Wildman–Crippen MR) is 102 cm³/mol. The first-order valence-corrected chi connectivity index (χ1v) is 9.06. The third-order valence-corrected chi connectivity index (χ3v) is 4.76. The number of carbonyl (C=O) groups is 2. The molecule has 0 aliphatic carbocycles. The third-order valence-electron chi connectivity index (χ3n) is 4.76. The Morgan fingerprint density at radius 1 is 1.15 bits per heavy atom. The lowest BCUT2D eigenvalue weighted by molar-refractivity contribution is -0.121. The highest BCUT2D eigenvalue weighted by atomic mass is 16.5. The van der Waals surface area contributed by atoms with Crippen LogP contribution >= 0.6 is 0 Å². The molecule has 1 aliphatic rings. The molecule has 0 unspecified atom stereocenters. The van der Waals surface area contributed by atoms with Crippen LogP contribution in [0.2, 0.25) is 0 Å². The van der Waals surface area contributed by atoms with E-state index in [1.807, 2.05) is 24.3 Å². The number of piperidine rings is 1. The topological polar surface area (TPSA) is 78.9 Å². The number of carbonyl (C=O) groups excluding carboxylic acids is 2. The Hall–Kier alpha value is -3.02. The number of methoxy groups -OCH3 is 1. The van der Waals surface area contributed by atoms with E-state index in [1.165, 1.54) is 6.07 Å². The monoisotopic (exact) mass is 368 g/mol. The number of amides is 2. The number of aromatic hydroxyl groups is 1. The van der Waals surface area contributed by atoms with Crippen LogP contribution in [0.15, 0.2) is 48.5 Å². The molecule has 0 bridgehead atoms. The minimum atomic E-state index is -0.0890. The number of phenols is 1. The van der Waals surface area contributed by atoms with E-state index in [-0.39, 0.29) is 23.6 Å². The zero-order valence-corrected chi connectivity index (χ0v) is 15.4. The zero-order chi connectivity index (χ0) is 19.2. The molecule has 0 atom stereocenters. The molecule has 1 fully saturated rings. The average molecular weight is 368 g/mol. The standard InChI is InChI=1S/C21H24N2O4/c1-27-19-7-5-15(6-8-19)13-20(25)22-17-9-11-23(12-10-17)21(26)16-3-2-4-18(24)14-16/h2-8,14,17,24H,9-13H2,1H3,(H,22,25). The van der Waals surface area contributed by atoms with Gasteiger partial charge in [0, 0.05) is 24.7 Å². The lowest BCUT2D eigenvalue weighted by atomic mass is 10.0. The minimum Gasteiger partial charge on any atom is -0.508 e. The summed E-state index contributed by atoms with van der Waals surface area (Å²) in [6.07, 6.45) is 1.77. The molecule has 0 aromatic heterocycles. The lowest BCUT2D eigenvalue weighted by Crippen LogP contribution is -2.46. The van der Waals surface area contributed by atoms with E-state index in [0.29, 0.717) is 25.1 Å². The van der Waals surface area contributed by atoms with Crippen LogP contribution in [0.4, 0.5) is 0 Å². The molecular formula is C21H24N2O4. The second-order valence-corrected chi connectivity index (χ2v) is 6.71. The van der Waals surface area contributed by atoms with Crippen molar-refractivity contribution in [2.45, 2.75) is 25.3 Å². The maximum Gasteiger partial charge on any atom is 0.253 e. The van der Waals surface area contributed by atoms with Crippen LogP contribution in [0.5, 0.6) is 11.5 Å². The Bertz CT molecular complexity index is 796. The molecular weight excluding hydrogens is 344 g/mol. The molecule has 2 aromatic carbocycles. The number of likely N-dealkylation sites (tertiary alicyclic amines) is 1. The Morgan fingerprint density at radius 3 is 2.48 bits per heavy atom. The summed E-state index contributed by atoms with van der Waals surface area (Å²) in [6.45, 7) is 1.17. The normalized spacial score (nSPS) is 14.6.